The van der Waals surface area contributed by atoms with Crippen LogP contribution in [0.5, 0.6) is 5.75 Å². The number of cyclic esters (lactones) is 1. The summed E-state index contributed by atoms with van der Waals surface area (Å²) in [6, 6.07) is 44.7. The zero-order valence-electron chi connectivity index (χ0n) is 33.6. The molecule has 3 aliphatic rings. The Hall–Kier alpha value is -7.06. The van der Waals surface area contributed by atoms with Crippen LogP contribution in [0.4, 0.5) is 5.69 Å². The molecular formula is C51H45N5O5. The van der Waals surface area contributed by atoms with Gasteiger partial charge in [-0.3, -0.25) is 29.2 Å². The molecule has 2 fully saturated rings. The summed E-state index contributed by atoms with van der Waals surface area (Å²) in [7, 11) is 2.01. The number of ether oxygens (including phenoxy) is 1. The van der Waals surface area contributed by atoms with Gasteiger partial charge in [-0.05, 0) is 77.3 Å². The third-order valence-corrected chi connectivity index (χ3v) is 12.1. The Morgan fingerprint density at radius 3 is 2.23 bits per heavy atom. The van der Waals surface area contributed by atoms with Gasteiger partial charge < -0.3 is 20.5 Å². The number of fused-ring (bicyclic) bond motifs is 3. The van der Waals surface area contributed by atoms with E-state index < -0.39 is 53.3 Å². The molecule has 2 saturated heterocycles. The van der Waals surface area contributed by atoms with Crippen LogP contribution in [-0.4, -0.2) is 63.9 Å². The van der Waals surface area contributed by atoms with E-state index in [2.05, 4.69) is 44.5 Å². The molecule has 6 atom stereocenters. The van der Waals surface area contributed by atoms with E-state index in [1.807, 2.05) is 127 Å². The molecule has 3 aliphatic heterocycles. The summed E-state index contributed by atoms with van der Waals surface area (Å²) in [5, 5.41) is 16.8. The van der Waals surface area contributed by atoms with E-state index in [4.69, 9.17) is 4.74 Å². The molecule has 9 rings (SSSR count). The Kier molecular flexibility index (Phi) is 10.9. The minimum atomic E-state index is -1.66. The van der Waals surface area contributed by atoms with Gasteiger partial charge in [0, 0.05) is 42.7 Å². The molecule has 10 nitrogen and oxygen atoms in total. The molecule has 0 unspecified atom stereocenters. The number of carbonyl (C=O) groups is 3. The van der Waals surface area contributed by atoms with Gasteiger partial charge in [-0.2, -0.15) is 0 Å². The maximum Gasteiger partial charge on any atom is 0.324 e. The number of phenolic OH excluding ortho intramolecular Hbond substituents is 1. The van der Waals surface area contributed by atoms with Gasteiger partial charge in [-0.1, -0.05) is 121 Å². The number of hydrogen-bond acceptors (Lipinski definition) is 8. The first-order chi connectivity index (χ1) is 29.8. The largest absolute Gasteiger partial charge is 0.508 e. The average Bonchev–Trinajstić information content (AvgIpc) is 3.76. The Morgan fingerprint density at radius 1 is 0.836 bits per heavy atom. The second-order valence-corrected chi connectivity index (χ2v) is 15.9. The first-order valence-corrected chi connectivity index (χ1v) is 20.5. The first kappa shape index (κ1) is 39.4. The van der Waals surface area contributed by atoms with Crippen LogP contribution in [0.2, 0.25) is 0 Å². The summed E-state index contributed by atoms with van der Waals surface area (Å²) in [5.41, 5.74) is 4.35. The van der Waals surface area contributed by atoms with Crippen molar-refractivity contribution < 1.29 is 24.2 Å². The Balaban J connectivity index is 1.21. The van der Waals surface area contributed by atoms with Crippen molar-refractivity contribution in [2.24, 2.45) is 5.92 Å². The van der Waals surface area contributed by atoms with Crippen molar-refractivity contribution in [3.63, 3.8) is 0 Å². The van der Waals surface area contributed by atoms with Gasteiger partial charge in [0.25, 0.3) is 0 Å². The van der Waals surface area contributed by atoms with E-state index in [9.17, 15) is 9.90 Å². The number of aromatic nitrogens is 1. The summed E-state index contributed by atoms with van der Waals surface area (Å²) in [5.74, 6) is 3.95. The molecule has 10 heteroatoms. The number of morpholine rings is 1. The van der Waals surface area contributed by atoms with E-state index in [0.717, 1.165) is 23.4 Å². The van der Waals surface area contributed by atoms with Crippen molar-refractivity contribution in [1.29, 1.82) is 0 Å². The molecule has 5 aromatic carbocycles. The van der Waals surface area contributed by atoms with Gasteiger partial charge in [0.15, 0.2) is 0 Å². The van der Waals surface area contributed by atoms with Gasteiger partial charge in [0.05, 0.1) is 24.5 Å². The number of aromatic hydroxyl groups is 1. The second-order valence-electron chi connectivity index (χ2n) is 15.9. The molecule has 6 aromatic rings. The third kappa shape index (κ3) is 7.43. The smallest absolute Gasteiger partial charge is 0.324 e. The number of benzene rings is 5. The maximum absolute atomic E-state index is 15.4. The van der Waals surface area contributed by atoms with Crippen molar-refractivity contribution in [3.8, 4) is 17.6 Å². The fraction of sp³-hybridized carbons (Fsp3) is 0.216. The molecule has 4 heterocycles. The molecule has 0 radical (unpaired) electrons. The number of pyridine rings is 1. The Bertz CT molecular complexity index is 2600. The molecule has 61 heavy (non-hydrogen) atoms. The molecule has 3 N–H and O–H groups in total. The highest BCUT2D eigenvalue weighted by Crippen LogP contribution is 2.64. The second kappa shape index (κ2) is 16.9. The topological polar surface area (TPSA) is 124 Å². The van der Waals surface area contributed by atoms with Crippen LogP contribution in [0.25, 0.3) is 0 Å². The molecule has 2 amide bonds. The van der Waals surface area contributed by atoms with E-state index in [0.29, 0.717) is 35.3 Å². The predicted octanol–water partition coefficient (Wildman–Crippen LogP) is 6.90. The quantitative estimate of drug-likeness (QED) is 0.101. The van der Waals surface area contributed by atoms with E-state index in [-0.39, 0.29) is 12.3 Å². The van der Waals surface area contributed by atoms with Crippen LogP contribution >= 0.6 is 0 Å². The predicted molar refractivity (Wildman–Crippen MR) is 232 cm³/mol. The number of carbonyl (C=O) groups excluding carboxylic acids is 3. The van der Waals surface area contributed by atoms with Gasteiger partial charge in [0.1, 0.15) is 23.3 Å². The number of anilines is 1. The summed E-state index contributed by atoms with van der Waals surface area (Å²) in [6.07, 6.45) is 1.36. The lowest BCUT2D eigenvalue weighted by molar-refractivity contribution is -0.178. The summed E-state index contributed by atoms with van der Waals surface area (Å²) < 4.78 is 6.51. The summed E-state index contributed by atoms with van der Waals surface area (Å²) in [6.45, 7) is 1.44. The van der Waals surface area contributed by atoms with Crippen LogP contribution in [0.15, 0.2) is 158 Å². The average molecular weight is 808 g/mol. The monoisotopic (exact) mass is 807 g/mol. The van der Waals surface area contributed by atoms with Gasteiger partial charge >= 0.3 is 5.97 Å². The van der Waals surface area contributed by atoms with Gasteiger partial charge in [0.2, 0.25) is 11.8 Å². The normalized spacial score (nSPS) is 22.8. The Morgan fingerprint density at radius 2 is 1.52 bits per heavy atom. The number of phenols is 1. The van der Waals surface area contributed by atoms with Crippen LogP contribution < -0.4 is 10.6 Å². The van der Waals surface area contributed by atoms with Crippen molar-refractivity contribution in [2.45, 2.75) is 42.6 Å². The molecular weight excluding hydrogens is 763 g/mol. The number of nitrogens with zero attached hydrogens (tertiary/aromatic N) is 3. The van der Waals surface area contributed by atoms with E-state index >= 15 is 9.59 Å². The maximum atomic E-state index is 15.4. The third-order valence-electron chi connectivity index (χ3n) is 12.1. The Labute approximate surface area is 355 Å². The van der Waals surface area contributed by atoms with Crippen LogP contribution in [0.1, 0.15) is 57.3 Å². The molecule has 304 valence electrons. The van der Waals surface area contributed by atoms with Crippen LogP contribution in [0, 0.1) is 17.8 Å². The number of amides is 2. The van der Waals surface area contributed by atoms with E-state index in [1.54, 1.807) is 30.5 Å². The van der Waals surface area contributed by atoms with Gasteiger partial charge in [-0.25, -0.2) is 0 Å². The standard InChI is InChI=1S/C51H45N5O5/c1-55(33-35-14-5-2-6-15-35)31-13-16-34-22-27-42-41(32-34)51(50(60)54-42)43(48(58)53-30-28-39-21-11-12-29-52-39)45-49(59)61-46(37-19-9-4-10-20-37)44(36-17-7-3-8-18-36)56(45)47(51)38-23-25-40(57)26-24-38/h2-12,14-15,17-27,29,32,43-47,57H,28,30-31,33H2,1H3,(H,53,58)(H,54,60)/t43-,44-,45-,46+,47+,51-/m0/s1. The summed E-state index contributed by atoms with van der Waals surface area (Å²) >= 11 is 0. The van der Waals surface area contributed by atoms with Crippen molar-refractivity contribution in [1.82, 2.24) is 20.1 Å². The lowest BCUT2D eigenvalue weighted by Gasteiger charge is -2.46. The summed E-state index contributed by atoms with van der Waals surface area (Å²) in [4.78, 5) is 54.2. The van der Waals surface area contributed by atoms with E-state index in [1.165, 1.54) is 5.56 Å². The van der Waals surface area contributed by atoms with Crippen molar-refractivity contribution in [2.75, 3.05) is 25.5 Å². The molecule has 0 saturated carbocycles. The lowest BCUT2D eigenvalue weighted by atomic mass is 9.65. The molecule has 1 aromatic heterocycles. The first-order valence-electron chi connectivity index (χ1n) is 20.5. The number of hydrogen-bond donors (Lipinski definition) is 3. The van der Waals surface area contributed by atoms with Crippen LogP contribution in [0.3, 0.4) is 0 Å². The van der Waals surface area contributed by atoms with Crippen LogP contribution in [-0.2, 0) is 37.5 Å². The minimum Gasteiger partial charge on any atom is -0.508 e. The molecule has 0 bridgehead atoms. The zero-order valence-corrected chi connectivity index (χ0v) is 33.6. The highest BCUT2D eigenvalue weighted by Gasteiger charge is 2.74. The van der Waals surface area contributed by atoms with Crippen molar-refractivity contribution in [3.05, 3.63) is 197 Å². The highest BCUT2D eigenvalue weighted by molar-refractivity contribution is 6.12. The SMILES string of the molecule is CN(CC#Cc1ccc2c(c1)[C@]1(C(=O)N2)[C@H](C(=O)NCCc2ccccn2)[C@H]2C(=O)O[C@H](c3ccccc3)[C@H](c3ccccc3)N2[C@@H]1c1ccc(O)cc1)Cc1ccccc1. The van der Waals surface area contributed by atoms with Crippen molar-refractivity contribution >= 4 is 23.5 Å². The zero-order chi connectivity index (χ0) is 41.9. The lowest BCUT2D eigenvalue weighted by Crippen LogP contribution is -2.55. The highest BCUT2D eigenvalue weighted by atomic mass is 16.6. The fourth-order valence-corrected chi connectivity index (χ4v) is 9.52. The number of nitrogens with one attached hydrogen (secondary N) is 2. The molecule has 0 aliphatic carbocycles. The number of esters is 1. The molecule has 1 spiro atoms. The number of rotatable bonds is 10. The van der Waals surface area contributed by atoms with Gasteiger partial charge in [-0.15, -0.1) is 0 Å². The fourth-order valence-electron chi connectivity index (χ4n) is 9.52. The minimum absolute atomic E-state index is 0.0436.